The lowest BCUT2D eigenvalue weighted by molar-refractivity contribution is -0.232. The first-order valence-corrected chi connectivity index (χ1v) is 13.4. The molecule has 0 saturated carbocycles. The number of hydrogen-bond acceptors (Lipinski definition) is 12. The molecule has 0 bridgehead atoms. The molecule has 4 atom stereocenters. The highest BCUT2D eigenvalue weighted by Gasteiger charge is 2.37. The zero-order valence-electron chi connectivity index (χ0n) is 25.0. The Bertz CT molecular complexity index is 987. The summed E-state index contributed by atoms with van der Waals surface area (Å²) < 4.78 is 54.4. The van der Waals surface area contributed by atoms with Crippen LogP contribution in [0.5, 0.6) is 11.5 Å². The lowest BCUT2D eigenvalue weighted by Gasteiger charge is -2.35. The zero-order valence-corrected chi connectivity index (χ0v) is 25.0. The second-order valence-electron chi connectivity index (χ2n) is 9.12. The average molecular weight is 597 g/mol. The van der Waals surface area contributed by atoms with Crippen LogP contribution in [0.15, 0.2) is 48.5 Å². The molecule has 0 aromatic heterocycles. The fourth-order valence-electron chi connectivity index (χ4n) is 4.18. The van der Waals surface area contributed by atoms with Crippen LogP contribution in [0.25, 0.3) is 0 Å². The molecule has 0 radical (unpaired) electrons. The van der Waals surface area contributed by atoms with Gasteiger partial charge >= 0.3 is 0 Å². The Balaban J connectivity index is 2.21. The lowest BCUT2D eigenvalue weighted by Crippen LogP contribution is -2.51. The van der Waals surface area contributed by atoms with Crippen molar-refractivity contribution < 1.29 is 57.3 Å². The number of rotatable bonds is 24. The van der Waals surface area contributed by atoms with Gasteiger partial charge in [0.1, 0.15) is 57.0 Å². The number of aliphatic hydroxyl groups excluding tert-OH is 1. The predicted octanol–water partition coefficient (Wildman–Crippen LogP) is 2.84. The third kappa shape index (κ3) is 12.3. The smallest absolute Gasteiger partial charge is 0.200 e. The second-order valence-corrected chi connectivity index (χ2v) is 9.12. The maximum absolute atomic E-state index is 13.2. The van der Waals surface area contributed by atoms with E-state index in [0.717, 1.165) is 5.56 Å². The van der Waals surface area contributed by atoms with Crippen molar-refractivity contribution in [3.8, 4) is 11.5 Å². The van der Waals surface area contributed by atoms with Crippen LogP contribution >= 0.6 is 0 Å². The summed E-state index contributed by atoms with van der Waals surface area (Å²) in [5.41, 5.74) is 1.33. The molecule has 0 aliphatic heterocycles. The summed E-state index contributed by atoms with van der Waals surface area (Å²) in [7, 11) is 7.53. The van der Waals surface area contributed by atoms with Crippen LogP contribution in [0.1, 0.15) is 22.3 Å². The van der Waals surface area contributed by atoms with Gasteiger partial charge in [-0.25, -0.2) is 0 Å². The summed E-state index contributed by atoms with van der Waals surface area (Å²) in [4.78, 5) is 13.2. The van der Waals surface area contributed by atoms with E-state index in [1.807, 2.05) is 12.1 Å². The minimum atomic E-state index is -1.12. The fourth-order valence-corrected chi connectivity index (χ4v) is 4.18. The summed E-state index contributed by atoms with van der Waals surface area (Å²) in [6.07, 6.45) is -2.67. The van der Waals surface area contributed by atoms with E-state index < -0.39 is 24.4 Å². The second kappa shape index (κ2) is 21.1. The van der Waals surface area contributed by atoms with Crippen LogP contribution in [-0.2, 0) is 44.3 Å². The quantitative estimate of drug-likeness (QED) is 0.109. The summed E-state index contributed by atoms with van der Waals surface area (Å²) in [6.45, 7) is -0.463. The molecule has 0 amide bonds. The molecular weight excluding hydrogens is 552 g/mol. The molecular formula is C30H44O12. The van der Waals surface area contributed by atoms with Crippen LogP contribution < -0.4 is 9.47 Å². The predicted molar refractivity (Wildman–Crippen MR) is 152 cm³/mol. The number of ether oxygens (including phenoxy) is 10. The van der Waals surface area contributed by atoms with E-state index in [-0.39, 0.29) is 46.2 Å². The Kier molecular flexibility index (Phi) is 17.9. The first-order chi connectivity index (χ1) is 20.5. The Morgan fingerprint density at radius 2 is 1.33 bits per heavy atom. The average Bonchev–Trinajstić information content (AvgIpc) is 3.02. The van der Waals surface area contributed by atoms with E-state index >= 15 is 0 Å². The highest BCUT2D eigenvalue weighted by Crippen LogP contribution is 2.23. The minimum absolute atomic E-state index is 0.00571. The van der Waals surface area contributed by atoms with E-state index in [1.54, 1.807) is 43.5 Å². The molecule has 236 valence electrons. The van der Waals surface area contributed by atoms with Crippen LogP contribution in [0, 0.1) is 0 Å². The lowest BCUT2D eigenvalue weighted by atomic mass is 9.94. The summed E-state index contributed by atoms with van der Waals surface area (Å²) in [5, 5.41) is 11.0. The highest BCUT2D eigenvalue weighted by molar-refractivity contribution is 5.98. The topological polar surface area (TPSA) is 130 Å². The molecule has 0 fully saturated rings. The molecule has 12 heteroatoms. The van der Waals surface area contributed by atoms with Crippen molar-refractivity contribution in [2.45, 2.75) is 37.3 Å². The van der Waals surface area contributed by atoms with Crippen LogP contribution in [-0.4, -0.2) is 111 Å². The van der Waals surface area contributed by atoms with Gasteiger partial charge in [-0.15, -0.1) is 0 Å². The Labute approximate surface area is 247 Å². The number of methoxy groups -OCH3 is 5. The molecule has 2 rings (SSSR count). The van der Waals surface area contributed by atoms with E-state index in [9.17, 15) is 9.90 Å². The summed E-state index contributed by atoms with van der Waals surface area (Å²) in [5.74, 6) is 1.08. The number of Topliss-reactive ketones (excluding diaryl/α,β-unsaturated/α-hetero) is 1. The maximum atomic E-state index is 13.2. The number of hydrogen-bond donors (Lipinski definition) is 1. The number of benzene rings is 2. The molecule has 12 nitrogen and oxygen atoms in total. The Morgan fingerprint density at radius 3 is 1.98 bits per heavy atom. The third-order valence-corrected chi connectivity index (χ3v) is 6.16. The van der Waals surface area contributed by atoms with Gasteiger partial charge in [0.25, 0.3) is 0 Å². The van der Waals surface area contributed by atoms with Gasteiger partial charge in [0.15, 0.2) is 12.4 Å². The molecule has 0 saturated heterocycles. The standard InChI is InChI=1S/C30H44O12/c1-33-18-38-16-27(32)29(41-20-35-3)30(42-21-36-4)28(40-19-34-2)15-10-22-8-6-7-9-25(22)26(31)17-39-24-13-11-23(37-5)12-14-24/h6-9,11-14,27-30,32H,10,15-21H2,1-5H3/t27-,28+,29-,30-/m1/s1. The van der Waals surface area contributed by atoms with Crippen molar-refractivity contribution in [2.24, 2.45) is 0 Å². The van der Waals surface area contributed by atoms with Gasteiger partial charge in [-0.2, -0.15) is 0 Å². The monoisotopic (exact) mass is 596 g/mol. The van der Waals surface area contributed by atoms with Crippen molar-refractivity contribution in [3.63, 3.8) is 0 Å². The first-order valence-electron chi connectivity index (χ1n) is 13.4. The van der Waals surface area contributed by atoms with Crippen molar-refractivity contribution >= 4 is 5.78 Å². The van der Waals surface area contributed by atoms with E-state index in [4.69, 9.17) is 47.4 Å². The highest BCUT2D eigenvalue weighted by atomic mass is 16.7. The molecule has 0 spiro atoms. The van der Waals surface area contributed by atoms with E-state index in [0.29, 0.717) is 29.9 Å². The van der Waals surface area contributed by atoms with Gasteiger partial charge < -0.3 is 52.5 Å². The summed E-state index contributed by atoms with van der Waals surface area (Å²) >= 11 is 0. The third-order valence-electron chi connectivity index (χ3n) is 6.16. The molecule has 42 heavy (non-hydrogen) atoms. The van der Waals surface area contributed by atoms with E-state index in [2.05, 4.69) is 0 Å². The van der Waals surface area contributed by atoms with Crippen LogP contribution in [0.2, 0.25) is 0 Å². The van der Waals surface area contributed by atoms with Gasteiger partial charge in [0.2, 0.25) is 0 Å². The first kappa shape index (κ1) is 35.5. The van der Waals surface area contributed by atoms with Crippen molar-refractivity contribution in [2.75, 3.05) is 75.9 Å². The number of aryl methyl sites for hydroxylation is 1. The number of aliphatic hydroxyl groups is 1. The van der Waals surface area contributed by atoms with E-state index in [1.165, 1.54) is 28.4 Å². The molecule has 1 N–H and O–H groups in total. The Morgan fingerprint density at radius 1 is 0.738 bits per heavy atom. The van der Waals surface area contributed by atoms with Gasteiger partial charge in [-0.05, 0) is 42.7 Å². The van der Waals surface area contributed by atoms with Crippen molar-refractivity contribution in [3.05, 3.63) is 59.7 Å². The zero-order chi connectivity index (χ0) is 30.6. The normalized spacial score (nSPS) is 14.2. The van der Waals surface area contributed by atoms with Crippen LogP contribution in [0.3, 0.4) is 0 Å². The fraction of sp³-hybridized carbons (Fsp3) is 0.567. The van der Waals surface area contributed by atoms with Gasteiger partial charge in [-0.3, -0.25) is 4.79 Å². The molecule has 0 heterocycles. The number of carbonyl (C=O) groups excluding carboxylic acids is 1. The molecule has 0 aliphatic rings. The van der Waals surface area contributed by atoms with Gasteiger partial charge in [-0.1, -0.05) is 24.3 Å². The van der Waals surface area contributed by atoms with Gasteiger partial charge in [0.05, 0.1) is 19.8 Å². The molecule has 2 aromatic rings. The molecule has 0 aliphatic carbocycles. The maximum Gasteiger partial charge on any atom is 0.200 e. The summed E-state index contributed by atoms with van der Waals surface area (Å²) in [6, 6.07) is 14.3. The number of ketones is 1. The van der Waals surface area contributed by atoms with Gasteiger partial charge in [0, 0.05) is 34.0 Å². The van der Waals surface area contributed by atoms with Crippen molar-refractivity contribution in [1.29, 1.82) is 0 Å². The molecule has 2 aromatic carbocycles. The van der Waals surface area contributed by atoms with Crippen molar-refractivity contribution in [1.82, 2.24) is 0 Å². The Hall–Kier alpha value is -2.65. The SMILES string of the molecule is COCOC[C@@H](O)[C@@H](OCOC)[C@H](OCOC)[C@H](CCc1ccccc1C(=O)COc1ccc(OC)cc1)OCOC. The molecule has 0 unspecified atom stereocenters. The number of carbonyl (C=O) groups is 1. The van der Waals surface area contributed by atoms with Crippen LogP contribution in [0.4, 0.5) is 0 Å². The largest absolute Gasteiger partial charge is 0.497 e. The minimum Gasteiger partial charge on any atom is -0.497 e.